The van der Waals surface area contributed by atoms with E-state index < -0.39 is 0 Å². The van der Waals surface area contributed by atoms with Gasteiger partial charge in [0.05, 0.1) is 0 Å². The van der Waals surface area contributed by atoms with Gasteiger partial charge < -0.3 is 0 Å². The highest BCUT2D eigenvalue weighted by Crippen LogP contribution is 2.11. The summed E-state index contributed by atoms with van der Waals surface area (Å²) in [6, 6.07) is 0. The van der Waals surface area contributed by atoms with Crippen molar-refractivity contribution in [3.8, 4) is 0 Å². The Kier molecular flexibility index (Phi) is 12.9. The highest BCUT2D eigenvalue weighted by atomic mass is 35.5. The first kappa shape index (κ1) is 13.8. The Hall–Kier alpha value is 0.247. The predicted octanol–water partition coefficient (Wildman–Crippen LogP) is 2.30. The quantitative estimate of drug-likeness (QED) is 0.356. The molecule has 0 spiro atoms. The van der Waals surface area contributed by atoms with Crippen molar-refractivity contribution in [3.05, 3.63) is 11.6 Å². The lowest BCUT2D eigenvalue weighted by Crippen LogP contribution is -1.83. The largest absolute Gasteiger partial charge is 0.122 e. The van der Waals surface area contributed by atoms with E-state index >= 15 is 0 Å². The van der Waals surface area contributed by atoms with Crippen molar-refractivity contribution in [1.29, 1.82) is 0 Å². The van der Waals surface area contributed by atoms with Gasteiger partial charge >= 0.3 is 0 Å². The maximum absolute atomic E-state index is 5.59. The van der Waals surface area contributed by atoms with Gasteiger partial charge in [0.25, 0.3) is 0 Å². The molecular weight excluding hydrogens is 172 g/mol. The Morgan fingerprint density at radius 3 is 1.91 bits per heavy atom. The normalized spacial score (nSPS) is 8.64. The minimum absolute atomic E-state index is 0. The van der Waals surface area contributed by atoms with E-state index in [9.17, 15) is 0 Å². The Labute approximate surface area is 80.0 Å². The zero-order valence-corrected chi connectivity index (χ0v) is 7.75. The molecule has 0 bridgehead atoms. The fourth-order valence-electron chi connectivity index (χ4n) is 1.08. The fourth-order valence-corrected chi connectivity index (χ4v) is 1.30. The standard InChI is InChI=1S/C9H17Cl.H4Si/c1-3-5-9(6-4-2)7-8-10;/h7H,3-6,8H2,1-2H3;1H4. The van der Waals surface area contributed by atoms with Gasteiger partial charge in [0, 0.05) is 5.88 Å². The van der Waals surface area contributed by atoms with Crippen LogP contribution >= 0.6 is 11.6 Å². The Morgan fingerprint density at radius 2 is 1.64 bits per heavy atom. The first-order chi connectivity index (χ1) is 4.85. The maximum atomic E-state index is 5.59. The molecule has 0 aromatic rings. The molecule has 0 heterocycles. The average Bonchev–Trinajstić information content (AvgIpc) is 1.90. The van der Waals surface area contributed by atoms with Gasteiger partial charge in [0.15, 0.2) is 0 Å². The van der Waals surface area contributed by atoms with Crippen molar-refractivity contribution in [3.63, 3.8) is 0 Å². The van der Waals surface area contributed by atoms with E-state index in [2.05, 4.69) is 19.9 Å². The third-order valence-electron chi connectivity index (χ3n) is 1.51. The van der Waals surface area contributed by atoms with Gasteiger partial charge in [-0.2, -0.15) is 0 Å². The molecule has 0 rings (SSSR count). The molecule has 0 saturated carbocycles. The highest BCUT2D eigenvalue weighted by molar-refractivity contribution is 6.18. The summed E-state index contributed by atoms with van der Waals surface area (Å²) in [5.41, 5.74) is 1.53. The SMILES string of the molecule is CCCC(=CCCl)CCC.[SiH4]. The van der Waals surface area contributed by atoms with Crippen LogP contribution in [0, 0.1) is 0 Å². The van der Waals surface area contributed by atoms with Crippen LogP contribution in [-0.4, -0.2) is 16.8 Å². The van der Waals surface area contributed by atoms with E-state index in [-0.39, 0.29) is 11.0 Å². The highest BCUT2D eigenvalue weighted by Gasteiger charge is 1.92. The van der Waals surface area contributed by atoms with Gasteiger partial charge in [0.2, 0.25) is 0 Å². The van der Waals surface area contributed by atoms with E-state index in [0.717, 1.165) is 0 Å². The minimum Gasteiger partial charge on any atom is -0.122 e. The molecule has 0 saturated heterocycles. The molecule has 0 fully saturated rings. The molecule has 2 heteroatoms. The van der Waals surface area contributed by atoms with E-state index in [4.69, 9.17) is 11.6 Å². The molecule has 0 radical (unpaired) electrons. The van der Waals surface area contributed by atoms with E-state index in [0.29, 0.717) is 5.88 Å². The lowest BCUT2D eigenvalue weighted by Gasteiger charge is -2.01. The number of hydrogen-bond donors (Lipinski definition) is 0. The van der Waals surface area contributed by atoms with Gasteiger partial charge in [-0.3, -0.25) is 0 Å². The van der Waals surface area contributed by atoms with Crippen molar-refractivity contribution in [1.82, 2.24) is 0 Å². The van der Waals surface area contributed by atoms with E-state index in [1.54, 1.807) is 0 Å². The number of allylic oxidation sites excluding steroid dienone is 2. The zero-order valence-electron chi connectivity index (χ0n) is 6.99. The Morgan fingerprint density at radius 1 is 1.18 bits per heavy atom. The summed E-state index contributed by atoms with van der Waals surface area (Å²) in [5.74, 6) is 0.676. The molecule has 0 unspecified atom stereocenters. The van der Waals surface area contributed by atoms with Crippen LogP contribution in [0.25, 0.3) is 0 Å². The molecule has 0 aromatic carbocycles. The van der Waals surface area contributed by atoms with Crippen molar-refractivity contribution in [2.75, 3.05) is 5.88 Å². The Bertz CT molecular complexity index is 91.7. The summed E-state index contributed by atoms with van der Waals surface area (Å²) in [5, 5.41) is 0. The van der Waals surface area contributed by atoms with Gasteiger partial charge in [-0.05, 0) is 23.8 Å². The minimum atomic E-state index is 0. The number of alkyl halides is 1. The number of halogens is 1. The van der Waals surface area contributed by atoms with Crippen LogP contribution in [0.5, 0.6) is 0 Å². The van der Waals surface area contributed by atoms with Crippen molar-refractivity contribution in [2.45, 2.75) is 39.5 Å². The molecule has 0 atom stereocenters. The summed E-state index contributed by atoms with van der Waals surface area (Å²) in [4.78, 5) is 0. The second kappa shape index (κ2) is 10.2. The van der Waals surface area contributed by atoms with Crippen molar-refractivity contribution < 1.29 is 0 Å². The van der Waals surface area contributed by atoms with Crippen LogP contribution in [-0.2, 0) is 0 Å². The molecule has 11 heavy (non-hydrogen) atoms. The molecule has 0 aromatic heterocycles. The van der Waals surface area contributed by atoms with Gasteiger partial charge in [-0.15, -0.1) is 11.6 Å². The molecule has 0 N–H and O–H groups in total. The summed E-state index contributed by atoms with van der Waals surface area (Å²) >= 11 is 5.59. The second-order valence-electron chi connectivity index (χ2n) is 2.52. The second-order valence-corrected chi connectivity index (χ2v) is 2.83. The topological polar surface area (TPSA) is 0 Å². The molecule has 0 nitrogen and oxygen atoms in total. The smallest absolute Gasteiger partial charge is 0.0406 e. The van der Waals surface area contributed by atoms with Crippen LogP contribution in [0.4, 0.5) is 0 Å². The van der Waals surface area contributed by atoms with Crippen molar-refractivity contribution >= 4 is 22.6 Å². The summed E-state index contributed by atoms with van der Waals surface area (Å²) in [7, 11) is 0. The van der Waals surface area contributed by atoms with Crippen LogP contribution in [0.2, 0.25) is 0 Å². The predicted molar refractivity (Wildman–Crippen MR) is 60.0 cm³/mol. The molecule has 68 valence electrons. The lowest BCUT2D eigenvalue weighted by molar-refractivity contribution is 0.801. The van der Waals surface area contributed by atoms with Crippen LogP contribution in [0.1, 0.15) is 39.5 Å². The summed E-state index contributed by atoms with van der Waals surface area (Å²) in [6.45, 7) is 4.41. The molecule has 0 amide bonds. The first-order valence-electron chi connectivity index (χ1n) is 4.09. The van der Waals surface area contributed by atoms with Crippen LogP contribution < -0.4 is 0 Å². The van der Waals surface area contributed by atoms with Crippen LogP contribution in [0.15, 0.2) is 11.6 Å². The molecule has 0 aliphatic rings. The number of rotatable bonds is 5. The number of hydrogen-bond acceptors (Lipinski definition) is 0. The molecule has 0 aliphatic heterocycles. The van der Waals surface area contributed by atoms with Crippen LogP contribution in [0.3, 0.4) is 0 Å². The fraction of sp³-hybridized carbons (Fsp3) is 0.778. The molecular formula is C9H21ClSi. The summed E-state index contributed by atoms with van der Waals surface area (Å²) in [6.07, 6.45) is 7.07. The lowest BCUT2D eigenvalue weighted by atomic mass is 10.1. The zero-order chi connectivity index (χ0) is 7.82. The van der Waals surface area contributed by atoms with Crippen molar-refractivity contribution in [2.24, 2.45) is 0 Å². The molecule has 0 aliphatic carbocycles. The summed E-state index contributed by atoms with van der Waals surface area (Å²) < 4.78 is 0. The maximum Gasteiger partial charge on any atom is 0.0406 e. The average molecular weight is 193 g/mol. The van der Waals surface area contributed by atoms with Gasteiger partial charge in [-0.25, -0.2) is 0 Å². The Balaban J connectivity index is 0. The monoisotopic (exact) mass is 192 g/mol. The van der Waals surface area contributed by atoms with E-state index in [1.807, 2.05) is 0 Å². The van der Waals surface area contributed by atoms with E-state index in [1.165, 1.54) is 31.3 Å². The third-order valence-corrected chi connectivity index (χ3v) is 1.66. The third kappa shape index (κ3) is 8.15. The first-order valence-corrected chi connectivity index (χ1v) is 4.62. The van der Waals surface area contributed by atoms with Gasteiger partial charge in [-0.1, -0.05) is 38.3 Å². The van der Waals surface area contributed by atoms with Gasteiger partial charge in [0.1, 0.15) is 0 Å².